The average Bonchev–Trinajstić information content (AvgIpc) is 3.04. The zero-order valence-electron chi connectivity index (χ0n) is 15.3. The molecule has 3 N–H and O–H groups in total. The number of halogens is 2. The van der Waals surface area contributed by atoms with Gasteiger partial charge in [-0.1, -0.05) is 41.4 Å². The van der Waals surface area contributed by atoms with Crippen LogP contribution in [0.5, 0.6) is 0 Å². The van der Waals surface area contributed by atoms with E-state index < -0.39 is 5.54 Å². The van der Waals surface area contributed by atoms with Crippen molar-refractivity contribution in [1.29, 1.82) is 0 Å². The number of nitrogens with two attached hydrogens (primary N) is 1. The van der Waals surface area contributed by atoms with E-state index >= 15 is 0 Å². The topological polar surface area (TPSA) is 63.8 Å². The van der Waals surface area contributed by atoms with Crippen molar-refractivity contribution in [1.82, 2.24) is 9.55 Å². The first kappa shape index (κ1) is 18.5. The molecule has 4 aromatic rings. The van der Waals surface area contributed by atoms with Gasteiger partial charge in [0.15, 0.2) is 0 Å². The maximum Gasteiger partial charge on any atom is 0.275 e. The molecule has 4 nitrogen and oxygen atoms in total. The molecule has 0 aliphatic carbocycles. The van der Waals surface area contributed by atoms with Crippen molar-refractivity contribution in [2.75, 3.05) is 0 Å². The van der Waals surface area contributed by atoms with Gasteiger partial charge >= 0.3 is 0 Å². The van der Waals surface area contributed by atoms with Gasteiger partial charge < -0.3 is 15.3 Å². The summed E-state index contributed by atoms with van der Waals surface area (Å²) in [6.07, 6.45) is 1.59. The molecule has 0 radical (unpaired) electrons. The lowest BCUT2D eigenvalue weighted by molar-refractivity contribution is 0.340. The van der Waals surface area contributed by atoms with E-state index in [1.165, 1.54) is 0 Å². The Morgan fingerprint density at radius 3 is 2.59 bits per heavy atom. The predicted molar refractivity (Wildman–Crippen MR) is 118 cm³/mol. The fraction of sp³-hybridized carbons (Fsp3) is 0.286. The van der Waals surface area contributed by atoms with Crippen LogP contribution in [0, 0.1) is 0 Å². The van der Waals surface area contributed by atoms with Gasteiger partial charge in [-0.3, -0.25) is 4.79 Å². The lowest BCUT2D eigenvalue weighted by Gasteiger charge is -2.28. The molecule has 0 amide bonds. The number of benzene rings is 2. The minimum absolute atomic E-state index is 0.0520. The molecule has 0 bridgehead atoms. The minimum Gasteiger partial charge on any atom is -0.350 e. The zero-order chi connectivity index (χ0) is 19.3. The Morgan fingerprint density at radius 2 is 1.89 bits per heavy atom. The Labute approximate surface area is 170 Å². The van der Waals surface area contributed by atoms with E-state index in [2.05, 4.69) is 34.8 Å². The van der Waals surface area contributed by atoms with Crippen LogP contribution < -0.4 is 11.3 Å². The van der Waals surface area contributed by atoms with Gasteiger partial charge in [0.1, 0.15) is 5.52 Å². The second-order valence-corrected chi connectivity index (χ2v) is 8.54. The lowest BCUT2D eigenvalue weighted by atomic mass is 9.93. The Balaban J connectivity index is 2.18. The monoisotopic (exact) mass is 445 g/mol. The summed E-state index contributed by atoms with van der Waals surface area (Å²) < 4.78 is 2.76. The molecule has 0 fully saturated rings. The maximum atomic E-state index is 13.4. The molecule has 2 aromatic carbocycles. The molecular weight excluding hydrogens is 426 g/mol. The van der Waals surface area contributed by atoms with Crippen LogP contribution in [-0.2, 0) is 6.54 Å². The molecule has 0 spiro atoms. The van der Waals surface area contributed by atoms with Crippen LogP contribution in [0.1, 0.15) is 26.7 Å². The summed E-state index contributed by atoms with van der Waals surface area (Å²) >= 11 is 9.85. The van der Waals surface area contributed by atoms with Gasteiger partial charge in [0.2, 0.25) is 0 Å². The third-order valence-electron chi connectivity index (χ3n) is 5.62. The summed E-state index contributed by atoms with van der Waals surface area (Å²) in [5, 5.41) is 3.50. The van der Waals surface area contributed by atoms with E-state index in [-0.39, 0.29) is 5.56 Å². The SMILES string of the molecule is CCC(N)(CC)Cn1c(=O)c2[nH]c3ccc(Br)cc3c2c2cc(Cl)ccc21. The van der Waals surface area contributed by atoms with Crippen LogP contribution in [0.15, 0.2) is 45.7 Å². The van der Waals surface area contributed by atoms with Crippen molar-refractivity contribution in [2.45, 2.75) is 38.8 Å². The van der Waals surface area contributed by atoms with Crippen molar-refractivity contribution in [3.05, 3.63) is 56.2 Å². The summed E-state index contributed by atoms with van der Waals surface area (Å²) in [7, 11) is 0. The number of pyridine rings is 1. The summed E-state index contributed by atoms with van der Waals surface area (Å²) in [6, 6.07) is 11.6. The predicted octanol–water partition coefficient (Wildman–Crippen LogP) is 5.57. The van der Waals surface area contributed by atoms with E-state index in [4.69, 9.17) is 17.3 Å². The largest absolute Gasteiger partial charge is 0.350 e. The van der Waals surface area contributed by atoms with E-state index in [9.17, 15) is 4.79 Å². The number of fused-ring (bicyclic) bond motifs is 5. The van der Waals surface area contributed by atoms with E-state index in [0.717, 1.165) is 44.5 Å². The fourth-order valence-corrected chi connectivity index (χ4v) is 4.27. The number of hydrogen-bond donors (Lipinski definition) is 2. The Hall–Kier alpha value is -1.82. The van der Waals surface area contributed by atoms with E-state index in [1.54, 1.807) is 4.57 Å². The molecule has 0 saturated carbocycles. The first-order valence-corrected chi connectivity index (χ1v) is 10.3. The highest BCUT2D eigenvalue weighted by Crippen LogP contribution is 2.33. The average molecular weight is 447 g/mol. The van der Waals surface area contributed by atoms with Crippen molar-refractivity contribution in [3.63, 3.8) is 0 Å². The lowest BCUT2D eigenvalue weighted by Crippen LogP contribution is -2.45. The molecular formula is C21H21BrClN3O. The summed E-state index contributed by atoms with van der Waals surface area (Å²) in [5.74, 6) is 0. The number of aromatic nitrogens is 2. The van der Waals surface area contributed by atoms with Crippen molar-refractivity contribution >= 4 is 60.2 Å². The third kappa shape index (κ3) is 2.98. The highest BCUT2D eigenvalue weighted by Gasteiger charge is 2.24. The number of nitrogens with zero attached hydrogens (tertiary/aromatic N) is 1. The standard InChI is InChI=1S/C21H21BrClN3O/c1-3-21(24,4-2)11-26-17-8-6-13(23)10-15(17)18-14-9-12(22)5-7-16(14)25-19(18)20(26)27/h5-10,25H,3-4,11,24H2,1-2H3. The Kier molecular flexibility index (Phi) is 4.57. The first-order valence-electron chi connectivity index (χ1n) is 9.09. The third-order valence-corrected chi connectivity index (χ3v) is 6.35. The Morgan fingerprint density at radius 1 is 1.15 bits per heavy atom. The van der Waals surface area contributed by atoms with Crippen molar-refractivity contribution in [2.24, 2.45) is 5.73 Å². The number of H-pyrrole nitrogens is 1. The van der Waals surface area contributed by atoms with Crippen molar-refractivity contribution < 1.29 is 0 Å². The highest BCUT2D eigenvalue weighted by molar-refractivity contribution is 9.10. The van der Waals surface area contributed by atoms with Crippen LogP contribution in [0.4, 0.5) is 0 Å². The molecule has 0 atom stereocenters. The van der Waals surface area contributed by atoms with Crippen LogP contribution >= 0.6 is 27.5 Å². The molecule has 0 unspecified atom stereocenters. The van der Waals surface area contributed by atoms with E-state index in [1.807, 2.05) is 36.4 Å². The van der Waals surface area contributed by atoms with E-state index in [0.29, 0.717) is 17.1 Å². The van der Waals surface area contributed by atoms with Gasteiger partial charge in [-0.25, -0.2) is 0 Å². The molecule has 4 rings (SSSR count). The summed E-state index contributed by atoms with van der Waals surface area (Å²) in [4.78, 5) is 16.7. The van der Waals surface area contributed by atoms with Crippen LogP contribution in [0.3, 0.4) is 0 Å². The molecule has 6 heteroatoms. The highest BCUT2D eigenvalue weighted by atomic mass is 79.9. The molecule has 2 heterocycles. The molecule has 27 heavy (non-hydrogen) atoms. The second kappa shape index (κ2) is 6.66. The molecule has 2 aromatic heterocycles. The van der Waals surface area contributed by atoms with Crippen molar-refractivity contribution in [3.8, 4) is 0 Å². The quantitative estimate of drug-likeness (QED) is 0.430. The fourth-order valence-electron chi connectivity index (χ4n) is 3.74. The van der Waals surface area contributed by atoms with Gasteiger partial charge in [-0.05, 0) is 49.2 Å². The van der Waals surface area contributed by atoms with Gasteiger partial charge in [0, 0.05) is 43.3 Å². The number of aromatic amines is 1. The number of nitrogens with one attached hydrogen (secondary N) is 1. The van der Waals surface area contributed by atoms with Crippen LogP contribution in [-0.4, -0.2) is 15.1 Å². The normalized spacial score (nSPS) is 12.5. The second-order valence-electron chi connectivity index (χ2n) is 7.19. The van der Waals surface area contributed by atoms with Crippen LogP contribution in [0.25, 0.3) is 32.7 Å². The molecule has 0 saturated heterocycles. The van der Waals surface area contributed by atoms with Crippen LogP contribution in [0.2, 0.25) is 5.02 Å². The molecule has 140 valence electrons. The Bertz CT molecular complexity index is 1240. The zero-order valence-corrected chi connectivity index (χ0v) is 17.6. The number of hydrogen-bond acceptors (Lipinski definition) is 2. The summed E-state index contributed by atoms with van der Waals surface area (Å²) in [5.41, 5.74) is 8.44. The minimum atomic E-state index is -0.431. The summed E-state index contributed by atoms with van der Waals surface area (Å²) in [6.45, 7) is 4.59. The van der Waals surface area contributed by atoms with Gasteiger partial charge in [-0.2, -0.15) is 0 Å². The van der Waals surface area contributed by atoms with Gasteiger partial charge in [0.05, 0.1) is 5.52 Å². The number of rotatable bonds is 4. The smallest absolute Gasteiger partial charge is 0.275 e. The molecule has 0 aliphatic rings. The van der Waals surface area contributed by atoms with Gasteiger partial charge in [0.25, 0.3) is 5.56 Å². The van der Waals surface area contributed by atoms with Gasteiger partial charge in [-0.15, -0.1) is 0 Å². The first-order chi connectivity index (χ1) is 12.9. The molecule has 0 aliphatic heterocycles. The maximum absolute atomic E-state index is 13.4.